The number of amides is 1. The highest BCUT2D eigenvalue weighted by Crippen LogP contribution is 2.17. The lowest BCUT2D eigenvalue weighted by Crippen LogP contribution is -3.11. The normalized spacial score (nSPS) is 19.8. The van der Waals surface area contributed by atoms with E-state index in [-0.39, 0.29) is 11.8 Å². The van der Waals surface area contributed by atoms with Gasteiger partial charge in [-0.2, -0.15) is 0 Å². The van der Waals surface area contributed by atoms with Crippen LogP contribution >= 0.6 is 0 Å². The van der Waals surface area contributed by atoms with Crippen molar-refractivity contribution in [2.75, 3.05) is 20.2 Å². The van der Waals surface area contributed by atoms with E-state index in [2.05, 4.69) is 48.6 Å². The maximum Gasteiger partial charge on any atom is 0.223 e. The Morgan fingerprint density at radius 2 is 1.81 bits per heavy atom. The number of methoxy groups -OCH3 is 1. The van der Waals surface area contributed by atoms with Gasteiger partial charge in [-0.15, -0.1) is 0 Å². The van der Waals surface area contributed by atoms with Crippen molar-refractivity contribution in [3.05, 3.63) is 65.2 Å². The molecule has 0 spiro atoms. The highest BCUT2D eigenvalue weighted by Gasteiger charge is 2.27. The van der Waals surface area contributed by atoms with E-state index in [1.807, 2.05) is 12.1 Å². The second-order valence-corrected chi connectivity index (χ2v) is 7.22. The zero-order chi connectivity index (χ0) is 18.4. The SMILES string of the molecule is COc1ccccc1C[NH+]1CCC(C(=O)NCc2ccc(C)cc2)CC1. The molecule has 4 heteroatoms. The van der Waals surface area contributed by atoms with Gasteiger partial charge in [0, 0.05) is 30.9 Å². The van der Waals surface area contributed by atoms with Gasteiger partial charge < -0.3 is 15.0 Å². The molecule has 26 heavy (non-hydrogen) atoms. The maximum absolute atomic E-state index is 12.5. The average Bonchev–Trinajstić information content (AvgIpc) is 2.68. The first kappa shape index (κ1) is 18.5. The van der Waals surface area contributed by atoms with Crippen LogP contribution in [-0.2, 0) is 17.9 Å². The van der Waals surface area contributed by atoms with Gasteiger partial charge in [0.1, 0.15) is 12.3 Å². The monoisotopic (exact) mass is 353 g/mol. The van der Waals surface area contributed by atoms with Crippen LogP contribution in [0, 0.1) is 12.8 Å². The fraction of sp³-hybridized carbons (Fsp3) is 0.409. The van der Waals surface area contributed by atoms with Crippen molar-refractivity contribution in [2.45, 2.75) is 32.9 Å². The second kappa shape index (κ2) is 8.86. The molecular formula is C22H29N2O2+. The van der Waals surface area contributed by atoms with E-state index in [1.54, 1.807) is 7.11 Å². The third kappa shape index (κ3) is 4.85. The lowest BCUT2D eigenvalue weighted by molar-refractivity contribution is -0.919. The number of nitrogens with one attached hydrogen (secondary N) is 2. The number of hydrogen-bond acceptors (Lipinski definition) is 2. The molecule has 0 radical (unpaired) electrons. The van der Waals surface area contributed by atoms with Crippen molar-refractivity contribution in [2.24, 2.45) is 5.92 Å². The van der Waals surface area contributed by atoms with E-state index in [4.69, 9.17) is 4.74 Å². The third-order valence-electron chi connectivity index (χ3n) is 5.28. The van der Waals surface area contributed by atoms with Gasteiger partial charge in [0.2, 0.25) is 5.91 Å². The number of rotatable bonds is 6. The molecule has 0 bridgehead atoms. The topological polar surface area (TPSA) is 42.8 Å². The molecule has 0 saturated carbocycles. The quantitative estimate of drug-likeness (QED) is 0.835. The molecule has 3 rings (SSSR count). The lowest BCUT2D eigenvalue weighted by Gasteiger charge is -2.29. The van der Waals surface area contributed by atoms with Gasteiger partial charge >= 0.3 is 0 Å². The molecule has 0 atom stereocenters. The van der Waals surface area contributed by atoms with Crippen molar-refractivity contribution < 1.29 is 14.4 Å². The van der Waals surface area contributed by atoms with Crippen LogP contribution in [-0.4, -0.2) is 26.1 Å². The summed E-state index contributed by atoms with van der Waals surface area (Å²) in [5, 5.41) is 3.10. The van der Waals surface area contributed by atoms with Gasteiger partial charge in [-0.1, -0.05) is 42.0 Å². The van der Waals surface area contributed by atoms with Crippen molar-refractivity contribution in [1.82, 2.24) is 5.32 Å². The number of likely N-dealkylation sites (tertiary alicyclic amines) is 1. The Labute approximate surface area is 156 Å². The predicted octanol–water partition coefficient (Wildman–Crippen LogP) is 2.11. The summed E-state index contributed by atoms with van der Waals surface area (Å²) < 4.78 is 5.45. The summed E-state index contributed by atoms with van der Waals surface area (Å²) in [7, 11) is 1.72. The van der Waals surface area contributed by atoms with Gasteiger partial charge in [-0.3, -0.25) is 4.79 Å². The van der Waals surface area contributed by atoms with Gasteiger partial charge in [0.05, 0.1) is 20.2 Å². The van der Waals surface area contributed by atoms with E-state index in [0.29, 0.717) is 6.54 Å². The van der Waals surface area contributed by atoms with Crippen LogP contribution in [0.5, 0.6) is 5.75 Å². The molecule has 0 aromatic heterocycles. The smallest absolute Gasteiger partial charge is 0.223 e. The first-order valence-corrected chi connectivity index (χ1v) is 9.44. The number of benzene rings is 2. The Balaban J connectivity index is 1.45. The molecule has 1 aliphatic rings. The minimum absolute atomic E-state index is 0.141. The Morgan fingerprint density at radius 1 is 1.12 bits per heavy atom. The van der Waals surface area contributed by atoms with Gasteiger partial charge in [-0.25, -0.2) is 0 Å². The molecule has 2 N–H and O–H groups in total. The first-order valence-electron chi connectivity index (χ1n) is 9.44. The molecule has 2 aromatic carbocycles. The number of carbonyl (C=O) groups excluding carboxylic acids is 1. The van der Waals surface area contributed by atoms with Crippen molar-refractivity contribution in [3.8, 4) is 5.75 Å². The van der Waals surface area contributed by atoms with Crippen LogP contribution < -0.4 is 15.0 Å². The Kier molecular flexibility index (Phi) is 6.29. The van der Waals surface area contributed by atoms with Crippen molar-refractivity contribution in [1.29, 1.82) is 0 Å². The van der Waals surface area contributed by atoms with E-state index < -0.39 is 0 Å². The number of ether oxygens (including phenoxy) is 1. The van der Waals surface area contributed by atoms with Gasteiger partial charge in [0.15, 0.2) is 0 Å². The fourth-order valence-electron chi connectivity index (χ4n) is 3.62. The van der Waals surface area contributed by atoms with E-state index in [1.165, 1.54) is 16.0 Å². The summed E-state index contributed by atoms with van der Waals surface area (Å²) in [6.45, 7) is 5.71. The Bertz CT molecular complexity index is 719. The van der Waals surface area contributed by atoms with Crippen molar-refractivity contribution >= 4 is 5.91 Å². The molecule has 1 fully saturated rings. The fourth-order valence-corrected chi connectivity index (χ4v) is 3.62. The van der Waals surface area contributed by atoms with E-state index in [0.717, 1.165) is 43.8 Å². The van der Waals surface area contributed by atoms with Crippen LogP contribution in [0.4, 0.5) is 0 Å². The molecule has 138 valence electrons. The van der Waals surface area contributed by atoms with Gasteiger partial charge in [0.25, 0.3) is 0 Å². The molecule has 2 aromatic rings. The summed E-state index contributed by atoms with van der Waals surface area (Å²) in [6, 6.07) is 16.5. The summed E-state index contributed by atoms with van der Waals surface area (Å²) in [5.74, 6) is 1.29. The average molecular weight is 353 g/mol. The first-order chi connectivity index (χ1) is 12.7. The third-order valence-corrected chi connectivity index (χ3v) is 5.28. The minimum Gasteiger partial charge on any atom is -0.496 e. The van der Waals surface area contributed by atoms with Crippen LogP contribution in [0.25, 0.3) is 0 Å². The molecule has 1 aliphatic heterocycles. The highest BCUT2D eigenvalue weighted by molar-refractivity contribution is 5.78. The van der Waals surface area contributed by atoms with E-state index >= 15 is 0 Å². The predicted molar refractivity (Wildman–Crippen MR) is 103 cm³/mol. The summed E-state index contributed by atoms with van der Waals surface area (Å²) in [5.41, 5.74) is 3.64. The largest absolute Gasteiger partial charge is 0.496 e. The van der Waals surface area contributed by atoms with Crippen LogP contribution in [0.15, 0.2) is 48.5 Å². The molecule has 1 heterocycles. The van der Waals surface area contributed by atoms with Gasteiger partial charge in [-0.05, 0) is 24.6 Å². The molecule has 4 nitrogen and oxygen atoms in total. The molecular weight excluding hydrogens is 324 g/mol. The van der Waals surface area contributed by atoms with Crippen LogP contribution in [0.1, 0.15) is 29.5 Å². The zero-order valence-corrected chi connectivity index (χ0v) is 15.8. The number of carbonyl (C=O) groups is 1. The van der Waals surface area contributed by atoms with Crippen molar-refractivity contribution in [3.63, 3.8) is 0 Å². The van der Waals surface area contributed by atoms with Crippen LogP contribution in [0.2, 0.25) is 0 Å². The zero-order valence-electron chi connectivity index (χ0n) is 15.8. The number of hydrogen-bond donors (Lipinski definition) is 2. The molecule has 1 amide bonds. The summed E-state index contributed by atoms with van der Waals surface area (Å²) >= 11 is 0. The summed E-state index contributed by atoms with van der Waals surface area (Å²) in [4.78, 5) is 14.0. The standard InChI is InChI=1S/C22H28N2O2/c1-17-7-9-18(10-8-17)15-23-22(25)19-11-13-24(14-12-19)16-20-5-3-4-6-21(20)26-2/h3-10,19H,11-16H2,1-2H3,(H,23,25)/p+1. The molecule has 0 aliphatic carbocycles. The Hall–Kier alpha value is -2.33. The molecule has 0 unspecified atom stereocenters. The molecule has 1 saturated heterocycles. The highest BCUT2D eigenvalue weighted by atomic mass is 16.5. The maximum atomic E-state index is 12.5. The van der Waals surface area contributed by atoms with Crippen LogP contribution in [0.3, 0.4) is 0 Å². The number of piperidine rings is 1. The van der Waals surface area contributed by atoms with E-state index in [9.17, 15) is 4.79 Å². The lowest BCUT2D eigenvalue weighted by atomic mass is 9.95. The number of quaternary nitrogens is 1. The number of aryl methyl sites for hydroxylation is 1. The minimum atomic E-state index is 0.141. The summed E-state index contributed by atoms with van der Waals surface area (Å²) in [6.07, 6.45) is 1.90. The number of para-hydroxylation sites is 1. The second-order valence-electron chi connectivity index (χ2n) is 7.22. The Morgan fingerprint density at radius 3 is 2.50 bits per heavy atom.